The molecule has 0 aliphatic carbocycles. The van der Waals surface area contributed by atoms with Crippen LogP contribution in [0.2, 0.25) is 0 Å². The standard InChI is InChI=1S/C7H11BrN2O2S/c1-13(11,12)10-5-6(2-3-9)4-7(10)8/h4-5H,2-3,9H2,1H3. The van der Waals surface area contributed by atoms with Crippen molar-refractivity contribution in [1.29, 1.82) is 0 Å². The van der Waals surface area contributed by atoms with Crippen molar-refractivity contribution in [3.63, 3.8) is 0 Å². The predicted molar refractivity (Wildman–Crippen MR) is 55.1 cm³/mol. The first-order chi connectivity index (χ1) is 5.95. The van der Waals surface area contributed by atoms with E-state index in [1.54, 1.807) is 12.3 Å². The number of rotatable bonds is 3. The van der Waals surface area contributed by atoms with E-state index in [2.05, 4.69) is 15.9 Å². The van der Waals surface area contributed by atoms with Crippen LogP contribution in [-0.2, 0) is 16.4 Å². The van der Waals surface area contributed by atoms with Gasteiger partial charge in [0, 0.05) is 6.20 Å². The normalized spacial score (nSPS) is 11.9. The van der Waals surface area contributed by atoms with Crippen molar-refractivity contribution in [3.8, 4) is 0 Å². The number of halogens is 1. The highest BCUT2D eigenvalue weighted by Gasteiger charge is 2.10. The molecule has 6 heteroatoms. The summed E-state index contributed by atoms with van der Waals surface area (Å²) in [5, 5.41) is 0. The fraction of sp³-hybridized carbons (Fsp3) is 0.429. The minimum Gasteiger partial charge on any atom is -0.330 e. The van der Waals surface area contributed by atoms with Gasteiger partial charge in [-0.15, -0.1) is 0 Å². The SMILES string of the molecule is CS(=O)(=O)n1cc(CCN)cc1Br. The van der Waals surface area contributed by atoms with Crippen LogP contribution in [0.4, 0.5) is 0 Å². The Labute approximate surface area is 85.9 Å². The van der Waals surface area contributed by atoms with Crippen LogP contribution < -0.4 is 5.73 Å². The molecule has 0 aliphatic rings. The molecule has 1 heterocycles. The average molecular weight is 267 g/mol. The zero-order chi connectivity index (χ0) is 10.1. The molecule has 0 saturated carbocycles. The van der Waals surface area contributed by atoms with Crippen LogP contribution in [0.3, 0.4) is 0 Å². The monoisotopic (exact) mass is 266 g/mol. The lowest BCUT2D eigenvalue weighted by molar-refractivity contribution is 0.592. The van der Waals surface area contributed by atoms with Gasteiger partial charge in [0.1, 0.15) is 0 Å². The van der Waals surface area contributed by atoms with E-state index in [-0.39, 0.29) is 0 Å². The molecular weight excluding hydrogens is 256 g/mol. The lowest BCUT2D eigenvalue weighted by Gasteiger charge is -1.99. The van der Waals surface area contributed by atoms with Gasteiger partial charge in [-0.2, -0.15) is 0 Å². The van der Waals surface area contributed by atoms with Gasteiger partial charge in [0.25, 0.3) is 0 Å². The summed E-state index contributed by atoms with van der Waals surface area (Å²) in [6.45, 7) is 0.514. The van der Waals surface area contributed by atoms with Crippen LogP contribution in [0, 0.1) is 0 Å². The molecule has 1 aromatic heterocycles. The van der Waals surface area contributed by atoms with Crippen molar-refractivity contribution in [2.24, 2.45) is 5.73 Å². The Hall–Kier alpha value is -0.330. The van der Waals surface area contributed by atoms with Crippen molar-refractivity contribution in [2.45, 2.75) is 6.42 Å². The second-order valence-electron chi connectivity index (χ2n) is 2.77. The molecule has 0 bridgehead atoms. The predicted octanol–water partition coefficient (Wildman–Crippen LogP) is 0.560. The quantitative estimate of drug-likeness (QED) is 0.870. The van der Waals surface area contributed by atoms with Crippen LogP contribution >= 0.6 is 15.9 Å². The Bertz CT molecular complexity index is 397. The Balaban J connectivity index is 3.11. The molecule has 0 atom stereocenters. The molecule has 0 spiro atoms. The Morgan fingerprint density at radius 3 is 2.62 bits per heavy atom. The van der Waals surface area contributed by atoms with Gasteiger partial charge in [0.05, 0.1) is 10.9 Å². The molecule has 0 radical (unpaired) electrons. The number of nitrogens with zero attached hydrogens (tertiary/aromatic N) is 1. The Morgan fingerprint density at radius 1 is 1.62 bits per heavy atom. The van der Waals surface area contributed by atoms with E-state index in [0.717, 1.165) is 11.8 Å². The van der Waals surface area contributed by atoms with Crippen molar-refractivity contribution < 1.29 is 8.42 Å². The number of nitrogens with two attached hydrogens (primary N) is 1. The minimum absolute atomic E-state index is 0.514. The van der Waals surface area contributed by atoms with Crippen molar-refractivity contribution >= 4 is 26.0 Å². The summed E-state index contributed by atoms with van der Waals surface area (Å²) in [6.07, 6.45) is 3.41. The van der Waals surface area contributed by atoms with E-state index in [0.29, 0.717) is 17.6 Å². The highest BCUT2D eigenvalue weighted by Crippen LogP contribution is 2.17. The number of hydrogen-bond acceptors (Lipinski definition) is 3. The molecule has 2 N–H and O–H groups in total. The maximum atomic E-state index is 11.2. The summed E-state index contributed by atoms with van der Waals surface area (Å²) in [5.41, 5.74) is 6.27. The van der Waals surface area contributed by atoms with Crippen LogP contribution in [-0.4, -0.2) is 25.2 Å². The van der Waals surface area contributed by atoms with Crippen LogP contribution in [0.1, 0.15) is 5.56 Å². The largest absolute Gasteiger partial charge is 0.330 e. The van der Waals surface area contributed by atoms with E-state index in [9.17, 15) is 8.42 Å². The minimum atomic E-state index is -3.20. The lowest BCUT2D eigenvalue weighted by Crippen LogP contribution is -2.08. The lowest BCUT2D eigenvalue weighted by atomic mass is 10.2. The van der Waals surface area contributed by atoms with E-state index in [4.69, 9.17) is 5.73 Å². The smallest absolute Gasteiger partial charge is 0.236 e. The first-order valence-electron chi connectivity index (χ1n) is 3.72. The fourth-order valence-corrected chi connectivity index (χ4v) is 2.91. The first kappa shape index (κ1) is 10.7. The highest BCUT2D eigenvalue weighted by molar-refractivity contribution is 9.10. The molecule has 0 unspecified atom stereocenters. The van der Waals surface area contributed by atoms with Gasteiger partial charge in [-0.1, -0.05) is 0 Å². The van der Waals surface area contributed by atoms with Gasteiger partial charge >= 0.3 is 0 Å². The van der Waals surface area contributed by atoms with Gasteiger partial charge in [0.2, 0.25) is 10.0 Å². The maximum Gasteiger partial charge on any atom is 0.236 e. The van der Waals surface area contributed by atoms with Crippen molar-refractivity contribution in [2.75, 3.05) is 12.8 Å². The Morgan fingerprint density at radius 2 is 2.23 bits per heavy atom. The molecule has 0 aliphatic heterocycles. The number of hydrogen-bond donors (Lipinski definition) is 1. The molecule has 0 aromatic carbocycles. The molecule has 0 amide bonds. The number of aromatic nitrogens is 1. The summed E-state index contributed by atoms with van der Waals surface area (Å²) in [6, 6.07) is 1.76. The van der Waals surface area contributed by atoms with Crippen molar-refractivity contribution in [3.05, 3.63) is 22.4 Å². The van der Waals surface area contributed by atoms with E-state index >= 15 is 0 Å². The fourth-order valence-electron chi connectivity index (χ4n) is 1.02. The van der Waals surface area contributed by atoms with Gasteiger partial charge in [-0.05, 0) is 40.5 Å². The van der Waals surface area contributed by atoms with Crippen LogP contribution in [0.15, 0.2) is 16.9 Å². The highest BCUT2D eigenvalue weighted by atomic mass is 79.9. The molecule has 0 saturated heterocycles. The molecule has 74 valence electrons. The maximum absolute atomic E-state index is 11.2. The second-order valence-corrected chi connectivity index (χ2v) is 5.44. The van der Waals surface area contributed by atoms with Crippen molar-refractivity contribution in [1.82, 2.24) is 3.97 Å². The third-order valence-electron chi connectivity index (χ3n) is 1.59. The molecule has 0 fully saturated rings. The van der Waals surface area contributed by atoms with Gasteiger partial charge in [-0.3, -0.25) is 0 Å². The van der Waals surface area contributed by atoms with Gasteiger partial charge in [0.15, 0.2) is 0 Å². The second kappa shape index (κ2) is 3.81. The zero-order valence-electron chi connectivity index (χ0n) is 7.20. The molecule has 13 heavy (non-hydrogen) atoms. The van der Waals surface area contributed by atoms with E-state index in [1.807, 2.05) is 0 Å². The summed E-state index contributed by atoms with van der Waals surface area (Å²) in [7, 11) is -3.20. The molecular formula is C7H11BrN2O2S. The molecule has 4 nitrogen and oxygen atoms in total. The van der Waals surface area contributed by atoms with Gasteiger partial charge < -0.3 is 5.73 Å². The molecule has 1 rings (SSSR count). The zero-order valence-corrected chi connectivity index (χ0v) is 9.60. The molecule has 1 aromatic rings. The average Bonchev–Trinajstić information content (AvgIpc) is 2.30. The van der Waals surface area contributed by atoms with E-state index in [1.165, 1.54) is 3.97 Å². The Kier molecular flexibility index (Phi) is 3.15. The third kappa shape index (κ3) is 2.55. The first-order valence-corrected chi connectivity index (χ1v) is 6.36. The van der Waals surface area contributed by atoms with Gasteiger partial charge in [-0.25, -0.2) is 12.4 Å². The summed E-state index contributed by atoms with van der Waals surface area (Å²) >= 11 is 3.17. The topological polar surface area (TPSA) is 65.1 Å². The van der Waals surface area contributed by atoms with Crippen LogP contribution in [0.5, 0.6) is 0 Å². The van der Waals surface area contributed by atoms with E-state index < -0.39 is 10.0 Å². The summed E-state index contributed by atoms with van der Waals surface area (Å²) < 4.78 is 24.1. The van der Waals surface area contributed by atoms with Crippen LogP contribution in [0.25, 0.3) is 0 Å². The third-order valence-corrected chi connectivity index (χ3v) is 3.45. The summed E-state index contributed by atoms with van der Waals surface area (Å²) in [5.74, 6) is 0. The summed E-state index contributed by atoms with van der Waals surface area (Å²) in [4.78, 5) is 0.